The zero-order valence-corrected chi connectivity index (χ0v) is 12.8. The van der Waals surface area contributed by atoms with Crippen LogP contribution < -0.4 is 5.32 Å². The van der Waals surface area contributed by atoms with E-state index in [1.165, 1.54) is 13.2 Å². The first kappa shape index (κ1) is 16.5. The molecule has 0 spiro atoms. The van der Waals surface area contributed by atoms with Crippen LogP contribution in [0.1, 0.15) is 41.4 Å². The molecule has 2 rings (SSSR count). The Morgan fingerprint density at radius 3 is 2.48 bits per heavy atom. The molecule has 0 aliphatic rings. The monoisotopic (exact) mass is 315 g/mol. The molecule has 0 fully saturated rings. The van der Waals surface area contributed by atoms with E-state index >= 15 is 0 Å². The molecule has 2 N–H and O–H groups in total. The molecule has 2 unspecified atom stereocenters. The third-order valence-corrected chi connectivity index (χ3v) is 3.52. The van der Waals surface area contributed by atoms with Crippen molar-refractivity contribution < 1.29 is 23.9 Å². The van der Waals surface area contributed by atoms with E-state index in [2.05, 4.69) is 5.32 Å². The number of nitrogens with one attached hydrogen (secondary N) is 1. The second-order valence-electron chi connectivity index (χ2n) is 5.22. The van der Waals surface area contributed by atoms with Crippen molar-refractivity contribution in [2.24, 2.45) is 0 Å². The van der Waals surface area contributed by atoms with Gasteiger partial charge in [-0.3, -0.25) is 14.4 Å². The summed E-state index contributed by atoms with van der Waals surface area (Å²) in [6, 6.07) is 8.86. The quantitative estimate of drug-likeness (QED) is 0.797. The average Bonchev–Trinajstić information content (AvgIpc) is 3.07. The Morgan fingerprint density at radius 1 is 1.13 bits per heavy atom. The van der Waals surface area contributed by atoms with Crippen LogP contribution in [0.4, 0.5) is 0 Å². The Hall–Kier alpha value is -2.89. The summed E-state index contributed by atoms with van der Waals surface area (Å²) in [7, 11) is 0. The molecular weight excluding hydrogens is 298 g/mol. The summed E-state index contributed by atoms with van der Waals surface area (Å²) in [6.45, 7) is 3.05. The average molecular weight is 315 g/mol. The van der Waals surface area contributed by atoms with Crippen molar-refractivity contribution in [1.82, 2.24) is 5.32 Å². The largest absolute Gasteiger partial charge is 0.480 e. The van der Waals surface area contributed by atoms with Gasteiger partial charge in [0.1, 0.15) is 6.04 Å². The number of hydrogen-bond acceptors (Lipinski definition) is 4. The van der Waals surface area contributed by atoms with E-state index < -0.39 is 23.8 Å². The van der Waals surface area contributed by atoms with Gasteiger partial charge in [-0.2, -0.15) is 0 Å². The highest BCUT2D eigenvalue weighted by molar-refractivity contribution is 6.07. The van der Waals surface area contributed by atoms with Crippen LogP contribution in [0.3, 0.4) is 0 Å². The van der Waals surface area contributed by atoms with Gasteiger partial charge in [-0.1, -0.05) is 18.2 Å². The fourth-order valence-corrected chi connectivity index (χ4v) is 2.05. The number of hydrogen-bond donors (Lipinski definition) is 2. The number of benzene rings is 1. The van der Waals surface area contributed by atoms with Gasteiger partial charge in [0.05, 0.1) is 12.2 Å². The summed E-state index contributed by atoms with van der Waals surface area (Å²) >= 11 is 0. The molecule has 1 heterocycles. The van der Waals surface area contributed by atoms with Gasteiger partial charge < -0.3 is 14.8 Å². The minimum Gasteiger partial charge on any atom is -0.480 e. The van der Waals surface area contributed by atoms with Gasteiger partial charge in [-0.25, -0.2) is 0 Å². The van der Waals surface area contributed by atoms with Gasteiger partial charge in [-0.15, -0.1) is 0 Å². The second-order valence-corrected chi connectivity index (χ2v) is 5.22. The fourth-order valence-electron chi connectivity index (χ4n) is 2.05. The zero-order chi connectivity index (χ0) is 17.0. The predicted molar refractivity (Wildman–Crippen MR) is 82.2 cm³/mol. The van der Waals surface area contributed by atoms with Crippen LogP contribution in [0.5, 0.6) is 0 Å². The van der Waals surface area contributed by atoms with Gasteiger partial charge >= 0.3 is 5.97 Å². The Kier molecular flexibility index (Phi) is 4.95. The molecule has 6 nitrogen and oxygen atoms in total. The van der Waals surface area contributed by atoms with Gasteiger partial charge in [0, 0.05) is 5.56 Å². The summed E-state index contributed by atoms with van der Waals surface area (Å²) in [5.74, 6) is -2.15. The third kappa shape index (κ3) is 3.85. The zero-order valence-electron chi connectivity index (χ0n) is 12.8. The molecular formula is C17H17NO5. The van der Waals surface area contributed by atoms with Crippen LogP contribution in [0, 0.1) is 0 Å². The van der Waals surface area contributed by atoms with Crippen LogP contribution in [0.2, 0.25) is 0 Å². The van der Waals surface area contributed by atoms with Crippen LogP contribution >= 0.6 is 0 Å². The minimum absolute atomic E-state index is 0.221. The number of carboxylic acids is 1. The molecule has 0 radical (unpaired) electrons. The first-order chi connectivity index (χ1) is 10.9. The number of aliphatic carboxylic acids is 1. The summed E-state index contributed by atoms with van der Waals surface area (Å²) in [6.07, 6.45) is 1.42. The van der Waals surface area contributed by atoms with E-state index in [0.717, 1.165) is 0 Å². The molecule has 23 heavy (non-hydrogen) atoms. The van der Waals surface area contributed by atoms with Crippen molar-refractivity contribution in [3.05, 3.63) is 59.5 Å². The van der Waals surface area contributed by atoms with Gasteiger partial charge in [0.2, 0.25) is 11.7 Å². The van der Waals surface area contributed by atoms with E-state index in [4.69, 9.17) is 9.52 Å². The lowest BCUT2D eigenvalue weighted by Gasteiger charge is -2.15. The highest BCUT2D eigenvalue weighted by Crippen LogP contribution is 2.19. The van der Waals surface area contributed by atoms with Crippen LogP contribution in [-0.4, -0.2) is 28.8 Å². The van der Waals surface area contributed by atoms with E-state index in [9.17, 15) is 14.4 Å². The van der Waals surface area contributed by atoms with E-state index in [1.807, 2.05) is 0 Å². The molecule has 2 atom stereocenters. The summed E-state index contributed by atoms with van der Waals surface area (Å²) < 4.78 is 5.08. The van der Waals surface area contributed by atoms with E-state index in [1.54, 1.807) is 43.3 Å². The minimum atomic E-state index is -1.10. The lowest BCUT2D eigenvalue weighted by Crippen LogP contribution is -2.40. The maximum Gasteiger partial charge on any atom is 0.325 e. The summed E-state index contributed by atoms with van der Waals surface area (Å²) in [5.41, 5.74) is 1.03. The molecule has 0 aliphatic heterocycles. The van der Waals surface area contributed by atoms with Crippen LogP contribution in [0.25, 0.3) is 0 Å². The number of amides is 1. The molecule has 0 aliphatic carbocycles. The molecule has 2 aromatic rings. The normalized spacial score (nSPS) is 13.1. The predicted octanol–water partition coefficient (Wildman–Crippen LogP) is 2.20. The molecule has 0 saturated carbocycles. The highest BCUT2D eigenvalue weighted by atomic mass is 16.4. The first-order valence-electron chi connectivity index (χ1n) is 7.11. The second kappa shape index (κ2) is 6.91. The summed E-state index contributed by atoms with van der Waals surface area (Å²) in [4.78, 5) is 35.1. The van der Waals surface area contributed by atoms with Gasteiger partial charge in [0.15, 0.2) is 5.76 Å². The maximum atomic E-state index is 12.2. The smallest absolute Gasteiger partial charge is 0.325 e. The molecule has 1 aromatic heterocycles. The molecule has 120 valence electrons. The number of carboxylic acid groups (broad SMARTS) is 1. The SMILES string of the molecule is CC(NC(=O)C(C)c1cccc(C(=O)c2ccco2)c1)C(=O)O. The molecule has 0 saturated heterocycles. The Morgan fingerprint density at radius 2 is 1.87 bits per heavy atom. The third-order valence-electron chi connectivity index (χ3n) is 3.52. The molecule has 0 bridgehead atoms. The highest BCUT2D eigenvalue weighted by Gasteiger charge is 2.21. The lowest BCUT2D eigenvalue weighted by atomic mass is 9.96. The maximum absolute atomic E-state index is 12.2. The van der Waals surface area contributed by atoms with Crippen molar-refractivity contribution in [1.29, 1.82) is 0 Å². The topological polar surface area (TPSA) is 96.6 Å². The van der Waals surface area contributed by atoms with Crippen molar-refractivity contribution in [2.75, 3.05) is 0 Å². The number of furan rings is 1. The number of carbonyl (C=O) groups is 3. The van der Waals surface area contributed by atoms with Crippen molar-refractivity contribution in [3.63, 3.8) is 0 Å². The van der Waals surface area contributed by atoms with E-state index in [-0.39, 0.29) is 11.5 Å². The van der Waals surface area contributed by atoms with Crippen molar-refractivity contribution in [3.8, 4) is 0 Å². The Balaban J connectivity index is 2.17. The number of rotatable bonds is 6. The fraction of sp³-hybridized carbons (Fsp3) is 0.235. The van der Waals surface area contributed by atoms with Crippen molar-refractivity contribution >= 4 is 17.7 Å². The van der Waals surface area contributed by atoms with Crippen molar-refractivity contribution in [2.45, 2.75) is 25.8 Å². The number of ketones is 1. The Bertz CT molecular complexity index is 720. The van der Waals surface area contributed by atoms with Gasteiger partial charge in [-0.05, 0) is 37.6 Å². The van der Waals surface area contributed by atoms with Gasteiger partial charge in [0.25, 0.3) is 0 Å². The molecule has 1 amide bonds. The number of carbonyl (C=O) groups excluding carboxylic acids is 2. The molecule has 1 aromatic carbocycles. The molecule has 6 heteroatoms. The van der Waals surface area contributed by atoms with Crippen LogP contribution in [-0.2, 0) is 9.59 Å². The standard InChI is InChI=1S/C17H17NO5/c1-10(16(20)18-11(2)17(21)22)12-5-3-6-13(9-12)15(19)14-7-4-8-23-14/h3-11H,1-2H3,(H,18,20)(H,21,22). The summed E-state index contributed by atoms with van der Waals surface area (Å²) in [5, 5.41) is 11.2. The first-order valence-corrected chi connectivity index (χ1v) is 7.11. The van der Waals surface area contributed by atoms with Crippen LogP contribution in [0.15, 0.2) is 47.1 Å². The lowest BCUT2D eigenvalue weighted by molar-refractivity contribution is -0.141. The van der Waals surface area contributed by atoms with E-state index in [0.29, 0.717) is 11.1 Å². The Labute approximate surface area is 133 Å².